The van der Waals surface area contributed by atoms with E-state index < -0.39 is 35.3 Å². The first-order valence-electron chi connectivity index (χ1n) is 9.81. The molecule has 2 unspecified atom stereocenters. The zero-order valence-corrected chi connectivity index (χ0v) is 17.2. The van der Waals surface area contributed by atoms with Crippen molar-refractivity contribution in [3.05, 3.63) is 89.2 Å². The molecule has 2 atom stereocenters. The zero-order chi connectivity index (χ0) is 22.0. The smallest absolute Gasteiger partial charge is 0.291 e. The first kappa shape index (κ1) is 20.9. The number of aromatic nitrogens is 2. The molecule has 3 aromatic rings. The second kappa shape index (κ2) is 8.81. The van der Waals surface area contributed by atoms with Crippen molar-refractivity contribution in [2.24, 2.45) is 5.92 Å². The molecule has 0 N–H and O–H groups in total. The van der Waals surface area contributed by atoms with E-state index in [9.17, 15) is 18.8 Å². The van der Waals surface area contributed by atoms with Crippen molar-refractivity contribution < 1.29 is 18.8 Å². The summed E-state index contributed by atoms with van der Waals surface area (Å²) in [4.78, 5) is 44.4. The molecule has 8 heteroatoms. The van der Waals surface area contributed by atoms with Gasteiger partial charge in [-0.25, -0.2) is 9.37 Å². The van der Waals surface area contributed by atoms with E-state index in [4.69, 9.17) is 11.6 Å². The highest BCUT2D eigenvalue weighted by molar-refractivity contribution is 6.44. The Labute approximate surface area is 183 Å². The van der Waals surface area contributed by atoms with E-state index in [1.165, 1.54) is 17.0 Å². The Bertz CT molecular complexity index is 1100. The van der Waals surface area contributed by atoms with Crippen molar-refractivity contribution in [1.29, 1.82) is 0 Å². The molecule has 0 saturated carbocycles. The van der Waals surface area contributed by atoms with Crippen molar-refractivity contribution in [3.63, 3.8) is 0 Å². The quantitative estimate of drug-likeness (QED) is 0.319. The van der Waals surface area contributed by atoms with Crippen LogP contribution < -0.4 is 0 Å². The standard InChI is InChI=1S/C23H19ClFN3O3/c24-17-6-2-15(3-7-17)20-19(21(29)16-4-8-18(25)9-5-16)22(30)23(31)28(20)12-1-11-27-13-10-26-14-27/h2-10,13-14,19-20H,1,11-12H2. The van der Waals surface area contributed by atoms with Crippen LogP contribution in [0, 0.1) is 11.7 Å². The van der Waals surface area contributed by atoms with E-state index in [1.807, 2.05) is 10.8 Å². The number of carbonyl (C=O) groups excluding carboxylic acids is 3. The topological polar surface area (TPSA) is 72.3 Å². The molecule has 4 rings (SSSR count). The Morgan fingerprint density at radius 1 is 1.03 bits per heavy atom. The SMILES string of the molecule is O=C1C(=O)N(CCCn2ccnc2)C(c2ccc(Cl)cc2)C1C(=O)c1ccc(F)cc1. The van der Waals surface area contributed by atoms with E-state index in [0.29, 0.717) is 30.1 Å². The van der Waals surface area contributed by atoms with Gasteiger partial charge < -0.3 is 9.47 Å². The van der Waals surface area contributed by atoms with Crippen molar-refractivity contribution >= 4 is 29.1 Å². The number of aryl methyl sites for hydroxylation is 1. The molecule has 1 fully saturated rings. The van der Waals surface area contributed by atoms with E-state index >= 15 is 0 Å². The van der Waals surface area contributed by atoms with Crippen molar-refractivity contribution in [3.8, 4) is 0 Å². The molecule has 1 aliphatic heterocycles. The summed E-state index contributed by atoms with van der Waals surface area (Å²) < 4.78 is 15.2. The predicted octanol–water partition coefficient (Wildman–Crippen LogP) is 3.72. The average molecular weight is 440 g/mol. The molecule has 0 aliphatic carbocycles. The van der Waals surface area contributed by atoms with Gasteiger partial charge in [0.1, 0.15) is 11.7 Å². The molecule has 0 radical (unpaired) electrons. The molecule has 1 aliphatic rings. The van der Waals surface area contributed by atoms with Gasteiger partial charge in [-0.1, -0.05) is 23.7 Å². The molecule has 1 aromatic heterocycles. The van der Waals surface area contributed by atoms with E-state index in [-0.39, 0.29) is 5.56 Å². The molecular weight excluding hydrogens is 421 g/mol. The molecule has 2 aromatic carbocycles. The second-order valence-corrected chi connectivity index (χ2v) is 7.80. The maximum atomic E-state index is 13.3. The largest absolute Gasteiger partial charge is 0.337 e. The molecule has 6 nitrogen and oxygen atoms in total. The number of hydrogen-bond donors (Lipinski definition) is 0. The molecule has 158 valence electrons. The Hall–Kier alpha value is -3.32. The minimum Gasteiger partial charge on any atom is -0.337 e. The molecule has 1 saturated heterocycles. The number of ketones is 2. The third kappa shape index (κ3) is 4.27. The minimum absolute atomic E-state index is 0.187. The average Bonchev–Trinajstić information content (AvgIpc) is 3.37. The number of imidazole rings is 1. The molecule has 2 heterocycles. The van der Waals surface area contributed by atoms with Crippen LogP contribution in [0.25, 0.3) is 0 Å². The monoisotopic (exact) mass is 439 g/mol. The highest BCUT2D eigenvalue weighted by Crippen LogP contribution is 2.38. The lowest BCUT2D eigenvalue weighted by atomic mass is 9.86. The summed E-state index contributed by atoms with van der Waals surface area (Å²) in [5, 5.41) is 0.507. The van der Waals surface area contributed by atoms with Crippen LogP contribution in [-0.2, 0) is 16.1 Å². The molecular formula is C23H19ClFN3O3. The van der Waals surface area contributed by atoms with Crippen LogP contribution in [-0.4, -0.2) is 38.5 Å². The number of Topliss-reactive ketones (excluding diaryl/α,β-unsaturated/α-hetero) is 2. The minimum atomic E-state index is -1.20. The second-order valence-electron chi connectivity index (χ2n) is 7.36. The van der Waals surface area contributed by atoms with E-state index in [2.05, 4.69) is 4.98 Å². The molecule has 1 amide bonds. The van der Waals surface area contributed by atoms with Crippen LogP contribution in [0.4, 0.5) is 4.39 Å². The number of hydrogen-bond acceptors (Lipinski definition) is 4. The first-order chi connectivity index (χ1) is 15.0. The summed E-state index contributed by atoms with van der Waals surface area (Å²) in [6.07, 6.45) is 5.73. The highest BCUT2D eigenvalue weighted by Gasteiger charge is 2.51. The number of benzene rings is 2. The van der Waals surface area contributed by atoms with Crippen LogP contribution >= 0.6 is 11.6 Å². The van der Waals surface area contributed by atoms with Gasteiger partial charge in [0, 0.05) is 36.1 Å². The number of nitrogens with zero attached hydrogens (tertiary/aromatic N) is 3. The first-order valence-corrected chi connectivity index (χ1v) is 10.2. The number of halogens is 2. The van der Waals surface area contributed by atoms with Gasteiger partial charge in [0.15, 0.2) is 5.78 Å². The van der Waals surface area contributed by atoms with Crippen LogP contribution in [0.15, 0.2) is 67.3 Å². The normalized spacial score (nSPS) is 18.6. The van der Waals surface area contributed by atoms with Gasteiger partial charge in [0.2, 0.25) is 5.78 Å². The van der Waals surface area contributed by atoms with E-state index in [1.54, 1.807) is 36.8 Å². The van der Waals surface area contributed by atoms with E-state index in [0.717, 1.165) is 12.1 Å². The van der Waals surface area contributed by atoms with Gasteiger partial charge in [-0.15, -0.1) is 0 Å². The predicted molar refractivity (Wildman–Crippen MR) is 112 cm³/mol. The lowest BCUT2D eigenvalue weighted by Gasteiger charge is -2.27. The summed E-state index contributed by atoms with van der Waals surface area (Å²) in [6, 6.07) is 11.0. The zero-order valence-electron chi connectivity index (χ0n) is 16.4. The highest BCUT2D eigenvalue weighted by atomic mass is 35.5. The van der Waals surface area contributed by atoms with Gasteiger partial charge >= 0.3 is 0 Å². The van der Waals surface area contributed by atoms with Crippen molar-refractivity contribution in [2.45, 2.75) is 19.0 Å². The third-order valence-corrected chi connectivity index (χ3v) is 5.65. The van der Waals surface area contributed by atoms with Crippen molar-refractivity contribution in [2.75, 3.05) is 6.54 Å². The molecule has 31 heavy (non-hydrogen) atoms. The van der Waals surface area contributed by atoms with Crippen LogP contribution in [0.3, 0.4) is 0 Å². The number of amides is 1. The molecule has 0 spiro atoms. The van der Waals surface area contributed by atoms with Gasteiger partial charge in [-0.2, -0.15) is 0 Å². The maximum Gasteiger partial charge on any atom is 0.291 e. The van der Waals surface area contributed by atoms with Gasteiger partial charge in [0.25, 0.3) is 5.91 Å². The van der Waals surface area contributed by atoms with Crippen molar-refractivity contribution in [1.82, 2.24) is 14.5 Å². The Balaban J connectivity index is 1.65. The van der Waals surface area contributed by atoms with Crippen LogP contribution in [0.5, 0.6) is 0 Å². The summed E-state index contributed by atoms with van der Waals surface area (Å²) in [7, 11) is 0. The lowest BCUT2D eigenvalue weighted by Crippen LogP contribution is -2.32. The number of carbonyl (C=O) groups is 3. The Morgan fingerprint density at radius 3 is 2.39 bits per heavy atom. The van der Waals surface area contributed by atoms with Crippen LogP contribution in [0.2, 0.25) is 5.02 Å². The van der Waals surface area contributed by atoms with Gasteiger partial charge in [-0.05, 0) is 48.4 Å². The fraction of sp³-hybridized carbons (Fsp3) is 0.217. The lowest BCUT2D eigenvalue weighted by molar-refractivity contribution is -0.140. The molecule has 0 bridgehead atoms. The fourth-order valence-corrected chi connectivity index (χ4v) is 4.02. The number of rotatable bonds is 7. The summed E-state index contributed by atoms with van der Waals surface area (Å²) in [5.41, 5.74) is 0.832. The van der Waals surface area contributed by atoms with Gasteiger partial charge in [0.05, 0.1) is 12.4 Å². The Morgan fingerprint density at radius 2 is 1.74 bits per heavy atom. The third-order valence-electron chi connectivity index (χ3n) is 5.40. The summed E-state index contributed by atoms with van der Waals surface area (Å²) in [6.45, 7) is 0.908. The maximum absolute atomic E-state index is 13.3. The number of likely N-dealkylation sites (tertiary alicyclic amines) is 1. The fourth-order valence-electron chi connectivity index (χ4n) is 3.90. The Kier molecular flexibility index (Phi) is 5.95. The van der Waals surface area contributed by atoms with Crippen LogP contribution in [0.1, 0.15) is 28.4 Å². The summed E-state index contributed by atoms with van der Waals surface area (Å²) in [5.74, 6) is -3.63. The summed E-state index contributed by atoms with van der Waals surface area (Å²) >= 11 is 6.00. The van der Waals surface area contributed by atoms with Gasteiger partial charge in [-0.3, -0.25) is 14.4 Å².